The Labute approximate surface area is 166 Å². The van der Waals surface area contributed by atoms with Crippen molar-refractivity contribution in [3.05, 3.63) is 34.3 Å². The van der Waals surface area contributed by atoms with Crippen LogP contribution in [-0.4, -0.2) is 64.2 Å². The lowest BCUT2D eigenvalue weighted by molar-refractivity contribution is -0.134. The molecule has 1 aromatic carbocycles. The van der Waals surface area contributed by atoms with Gasteiger partial charge in [0.1, 0.15) is 4.88 Å². The lowest BCUT2D eigenvalue weighted by Gasteiger charge is -2.34. The average molecular weight is 400 g/mol. The first-order valence-electron chi connectivity index (χ1n) is 9.38. The first-order chi connectivity index (χ1) is 13.6. The molecule has 2 aromatic rings. The van der Waals surface area contributed by atoms with E-state index in [1.54, 1.807) is 11.8 Å². The Bertz CT molecular complexity index is 938. The Hall–Kier alpha value is -2.68. The molecule has 1 saturated carbocycles. The maximum Gasteiger partial charge on any atom is 0.267 e. The Morgan fingerprint density at radius 1 is 1.11 bits per heavy atom. The lowest BCUT2D eigenvalue weighted by Crippen LogP contribution is -2.51. The summed E-state index contributed by atoms with van der Waals surface area (Å²) in [4.78, 5) is 29.7. The molecule has 146 valence electrons. The van der Waals surface area contributed by atoms with Crippen molar-refractivity contribution in [1.82, 2.24) is 19.4 Å². The molecule has 1 aliphatic carbocycles. The number of hydrogen-bond acceptors (Lipinski definition) is 7. The van der Waals surface area contributed by atoms with Crippen molar-refractivity contribution in [2.45, 2.75) is 19.3 Å². The van der Waals surface area contributed by atoms with E-state index in [0.717, 1.165) is 35.0 Å². The quantitative estimate of drug-likeness (QED) is 0.779. The van der Waals surface area contributed by atoms with E-state index >= 15 is 0 Å². The highest BCUT2D eigenvalue weighted by molar-refractivity contribution is 7.07. The van der Waals surface area contributed by atoms with Gasteiger partial charge in [-0.05, 0) is 48.5 Å². The summed E-state index contributed by atoms with van der Waals surface area (Å²) in [5, 5.41) is 3.91. The number of aromatic nitrogens is 2. The van der Waals surface area contributed by atoms with Crippen LogP contribution >= 0.6 is 11.5 Å². The first-order valence-corrected chi connectivity index (χ1v) is 10.2. The van der Waals surface area contributed by atoms with E-state index in [1.165, 1.54) is 0 Å². The molecule has 0 radical (unpaired) electrons. The highest BCUT2D eigenvalue weighted by Crippen LogP contribution is 2.50. The molecular formula is C19H20N4O4S. The van der Waals surface area contributed by atoms with Crippen LogP contribution in [0.1, 0.15) is 33.3 Å². The highest BCUT2D eigenvalue weighted by Gasteiger charge is 2.46. The minimum atomic E-state index is -0.0377. The van der Waals surface area contributed by atoms with Crippen LogP contribution in [0.25, 0.3) is 0 Å². The summed E-state index contributed by atoms with van der Waals surface area (Å²) in [6.45, 7) is 4.28. The van der Waals surface area contributed by atoms with Gasteiger partial charge in [-0.25, -0.2) is 0 Å². The second-order valence-electron chi connectivity index (χ2n) is 7.37. The SMILES string of the molecule is Cc1nnsc1C(=O)N1CCN(C(=O)C2CC2c2ccc3c(c2)OCO3)CC1. The fourth-order valence-corrected chi connectivity index (χ4v) is 4.54. The topological polar surface area (TPSA) is 84.9 Å². The van der Waals surface area contributed by atoms with Crippen LogP contribution < -0.4 is 9.47 Å². The number of nitrogens with zero attached hydrogens (tertiary/aromatic N) is 4. The molecule has 2 unspecified atom stereocenters. The third-order valence-corrected chi connectivity index (χ3v) is 6.47. The number of benzene rings is 1. The fourth-order valence-electron chi connectivity index (χ4n) is 3.92. The molecule has 5 rings (SSSR count). The van der Waals surface area contributed by atoms with E-state index in [2.05, 4.69) is 9.59 Å². The molecule has 8 nitrogen and oxygen atoms in total. The number of carbonyl (C=O) groups is 2. The second-order valence-corrected chi connectivity index (χ2v) is 8.12. The molecule has 3 aliphatic rings. The molecule has 0 N–H and O–H groups in total. The van der Waals surface area contributed by atoms with Crippen molar-refractivity contribution in [2.75, 3.05) is 33.0 Å². The fraction of sp³-hybridized carbons (Fsp3) is 0.474. The van der Waals surface area contributed by atoms with E-state index in [0.29, 0.717) is 36.8 Å². The van der Waals surface area contributed by atoms with Crippen LogP contribution in [0.4, 0.5) is 0 Å². The van der Waals surface area contributed by atoms with E-state index in [4.69, 9.17) is 9.47 Å². The number of carbonyl (C=O) groups excluding carboxylic acids is 2. The summed E-state index contributed by atoms with van der Waals surface area (Å²) in [6.07, 6.45) is 0.864. The lowest BCUT2D eigenvalue weighted by atomic mass is 10.1. The molecule has 2 aliphatic heterocycles. The second kappa shape index (κ2) is 6.73. The Kier molecular flexibility index (Phi) is 4.19. The van der Waals surface area contributed by atoms with Gasteiger partial charge in [0, 0.05) is 32.1 Å². The summed E-state index contributed by atoms with van der Waals surface area (Å²) in [5.74, 6) is 1.94. The number of amides is 2. The molecule has 1 saturated heterocycles. The van der Waals surface area contributed by atoms with Crippen LogP contribution in [0.3, 0.4) is 0 Å². The van der Waals surface area contributed by atoms with E-state index in [9.17, 15) is 9.59 Å². The minimum absolute atomic E-state index is 0.0237. The zero-order chi connectivity index (χ0) is 19.3. The predicted molar refractivity (Wildman–Crippen MR) is 101 cm³/mol. The van der Waals surface area contributed by atoms with Gasteiger partial charge in [-0.3, -0.25) is 9.59 Å². The molecular weight excluding hydrogens is 380 g/mol. The summed E-state index contributed by atoms with van der Waals surface area (Å²) in [5.41, 5.74) is 1.79. The maximum absolute atomic E-state index is 12.9. The van der Waals surface area contributed by atoms with Crippen LogP contribution in [-0.2, 0) is 4.79 Å². The number of hydrogen-bond donors (Lipinski definition) is 0. The zero-order valence-electron chi connectivity index (χ0n) is 15.5. The molecule has 0 bridgehead atoms. The first kappa shape index (κ1) is 17.4. The molecule has 2 amide bonds. The Morgan fingerprint density at radius 3 is 2.61 bits per heavy atom. The number of piperazine rings is 1. The van der Waals surface area contributed by atoms with Crippen LogP contribution in [0.15, 0.2) is 18.2 Å². The standard InChI is InChI=1S/C19H20N4O4S/c1-11-17(28-21-20-11)19(25)23-6-4-22(5-7-23)18(24)14-9-13(14)12-2-3-15-16(8-12)27-10-26-15/h2-3,8,13-14H,4-7,9-10H2,1H3. The molecule has 9 heteroatoms. The summed E-state index contributed by atoms with van der Waals surface area (Å²) >= 11 is 1.13. The van der Waals surface area contributed by atoms with E-state index in [-0.39, 0.29) is 30.4 Å². The highest BCUT2D eigenvalue weighted by atomic mass is 32.1. The van der Waals surface area contributed by atoms with Crippen molar-refractivity contribution in [3.8, 4) is 11.5 Å². The third-order valence-electron chi connectivity index (χ3n) is 5.66. The summed E-state index contributed by atoms with van der Waals surface area (Å²) in [6, 6.07) is 5.92. The third kappa shape index (κ3) is 2.99. The zero-order valence-corrected chi connectivity index (χ0v) is 16.3. The van der Waals surface area contributed by atoms with Gasteiger partial charge < -0.3 is 19.3 Å². The molecule has 2 atom stereocenters. The average Bonchev–Trinajstić information content (AvgIpc) is 3.17. The van der Waals surface area contributed by atoms with Crippen molar-refractivity contribution >= 4 is 23.3 Å². The van der Waals surface area contributed by atoms with Gasteiger partial charge in [0.05, 0.1) is 5.69 Å². The van der Waals surface area contributed by atoms with Crippen LogP contribution in [0, 0.1) is 12.8 Å². The largest absolute Gasteiger partial charge is 0.454 e. The monoisotopic (exact) mass is 400 g/mol. The van der Waals surface area contributed by atoms with Crippen LogP contribution in [0.5, 0.6) is 11.5 Å². The smallest absolute Gasteiger partial charge is 0.267 e. The number of rotatable bonds is 3. The van der Waals surface area contributed by atoms with Gasteiger partial charge in [0.2, 0.25) is 12.7 Å². The van der Waals surface area contributed by atoms with Crippen molar-refractivity contribution in [3.63, 3.8) is 0 Å². The molecule has 1 aromatic heterocycles. The normalized spacial score (nSPS) is 23.0. The molecule has 3 heterocycles. The number of ether oxygens (including phenoxy) is 2. The van der Waals surface area contributed by atoms with E-state index in [1.807, 2.05) is 23.1 Å². The Balaban J connectivity index is 1.18. The van der Waals surface area contributed by atoms with Gasteiger partial charge in [0.15, 0.2) is 11.5 Å². The van der Waals surface area contributed by atoms with Gasteiger partial charge >= 0.3 is 0 Å². The van der Waals surface area contributed by atoms with Gasteiger partial charge in [-0.2, -0.15) is 0 Å². The van der Waals surface area contributed by atoms with Crippen molar-refractivity contribution < 1.29 is 19.1 Å². The number of fused-ring (bicyclic) bond motifs is 1. The summed E-state index contributed by atoms with van der Waals surface area (Å²) < 4.78 is 14.6. The molecule has 2 fully saturated rings. The van der Waals surface area contributed by atoms with Crippen molar-refractivity contribution in [1.29, 1.82) is 0 Å². The number of aryl methyl sites for hydroxylation is 1. The molecule has 28 heavy (non-hydrogen) atoms. The maximum atomic E-state index is 12.9. The predicted octanol–water partition coefficient (Wildman–Crippen LogP) is 1.66. The van der Waals surface area contributed by atoms with Gasteiger partial charge in [0.25, 0.3) is 5.91 Å². The van der Waals surface area contributed by atoms with E-state index < -0.39 is 0 Å². The van der Waals surface area contributed by atoms with Crippen LogP contribution in [0.2, 0.25) is 0 Å². The molecule has 0 spiro atoms. The van der Waals surface area contributed by atoms with Gasteiger partial charge in [-0.1, -0.05) is 10.6 Å². The minimum Gasteiger partial charge on any atom is -0.454 e. The summed E-state index contributed by atoms with van der Waals surface area (Å²) in [7, 11) is 0. The van der Waals surface area contributed by atoms with Crippen molar-refractivity contribution in [2.24, 2.45) is 5.92 Å². The Morgan fingerprint density at radius 2 is 1.86 bits per heavy atom. The van der Waals surface area contributed by atoms with Gasteiger partial charge in [-0.15, -0.1) is 5.10 Å².